The van der Waals surface area contributed by atoms with E-state index in [0.29, 0.717) is 36.5 Å². The molecular weight excluding hydrogens is 338 g/mol. The number of aromatic nitrogens is 4. The van der Waals surface area contributed by atoms with Crippen molar-refractivity contribution in [3.8, 4) is 0 Å². The molecule has 0 spiro atoms. The van der Waals surface area contributed by atoms with Gasteiger partial charge in [0, 0.05) is 25.7 Å². The predicted molar refractivity (Wildman–Crippen MR) is 83.7 cm³/mol. The average Bonchev–Trinajstić information content (AvgIpc) is 3.04. The zero-order valence-electron chi connectivity index (χ0n) is 12.6. The van der Waals surface area contributed by atoms with Crippen LogP contribution in [0.1, 0.15) is 12.7 Å². The molecule has 0 atom stereocenters. The first-order valence-electron chi connectivity index (χ1n) is 7.22. The standard InChI is InChI=1S/C13H17N5O3S2/c1-2-11-15-13(17-16-11)22-12-4-3-10(9-14-12)23(19,20)18-5-7-21-8-6-18/h3-4,9H,2,5-8H2,1H3,(H,15,16,17). The van der Waals surface area contributed by atoms with E-state index in [1.54, 1.807) is 12.1 Å². The molecule has 3 rings (SSSR count). The summed E-state index contributed by atoms with van der Waals surface area (Å²) in [4.78, 5) is 8.67. The van der Waals surface area contributed by atoms with Crippen molar-refractivity contribution in [2.75, 3.05) is 26.3 Å². The van der Waals surface area contributed by atoms with Gasteiger partial charge >= 0.3 is 0 Å². The quantitative estimate of drug-likeness (QED) is 0.851. The lowest BCUT2D eigenvalue weighted by Crippen LogP contribution is -2.40. The first kappa shape index (κ1) is 16.4. The molecule has 1 aliphatic heterocycles. The highest BCUT2D eigenvalue weighted by Crippen LogP contribution is 2.24. The van der Waals surface area contributed by atoms with E-state index in [2.05, 4.69) is 20.2 Å². The molecule has 10 heteroatoms. The van der Waals surface area contributed by atoms with E-state index in [1.807, 2.05) is 6.92 Å². The van der Waals surface area contributed by atoms with Gasteiger partial charge < -0.3 is 4.74 Å². The van der Waals surface area contributed by atoms with E-state index in [0.717, 1.165) is 12.2 Å². The molecule has 2 aromatic heterocycles. The van der Waals surface area contributed by atoms with E-state index >= 15 is 0 Å². The molecule has 124 valence electrons. The fourth-order valence-electron chi connectivity index (χ4n) is 2.09. The van der Waals surface area contributed by atoms with Crippen molar-refractivity contribution in [2.24, 2.45) is 0 Å². The second-order valence-electron chi connectivity index (χ2n) is 4.87. The van der Waals surface area contributed by atoms with Crippen LogP contribution in [-0.4, -0.2) is 59.2 Å². The Hall–Kier alpha value is -1.49. The third-order valence-corrected chi connectivity index (χ3v) is 6.06. The predicted octanol–water partition coefficient (Wildman–Crippen LogP) is 0.934. The van der Waals surface area contributed by atoms with Crippen LogP contribution in [0.25, 0.3) is 0 Å². The van der Waals surface area contributed by atoms with Gasteiger partial charge in [0.05, 0.1) is 13.2 Å². The Kier molecular flexibility index (Phi) is 4.95. The fraction of sp³-hybridized carbons (Fsp3) is 0.462. The minimum absolute atomic E-state index is 0.188. The highest BCUT2D eigenvalue weighted by atomic mass is 32.2. The molecule has 1 fully saturated rings. The molecule has 3 heterocycles. The zero-order chi connectivity index (χ0) is 16.3. The van der Waals surface area contributed by atoms with Crippen LogP contribution in [0.3, 0.4) is 0 Å². The summed E-state index contributed by atoms with van der Waals surface area (Å²) < 4.78 is 31.6. The third kappa shape index (κ3) is 3.71. The Labute approximate surface area is 138 Å². The number of nitrogens with one attached hydrogen (secondary N) is 1. The molecule has 1 saturated heterocycles. The maximum atomic E-state index is 12.5. The largest absolute Gasteiger partial charge is 0.379 e. The summed E-state index contributed by atoms with van der Waals surface area (Å²) in [6, 6.07) is 3.23. The molecule has 0 aliphatic carbocycles. The number of rotatable bonds is 5. The first-order chi connectivity index (χ1) is 11.1. The summed E-state index contributed by atoms with van der Waals surface area (Å²) in [5.41, 5.74) is 0. The van der Waals surface area contributed by atoms with Crippen LogP contribution < -0.4 is 0 Å². The highest BCUT2D eigenvalue weighted by molar-refractivity contribution is 7.99. The second-order valence-corrected chi connectivity index (χ2v) is 7.79. The summed E-state index contributed by atoms with van der Waals surface area (Å²) in [5, 5.41) is 8.12. The van der Waals surface area contributed by atoms with E-state index in [9.17, 15) is 8.42 Å². The molecule has 0 radical (unpaired) electrons. The van der Waals surface area contributed by atoms with E-state index in [1.165, 1.54) is 22.3 Å². The minimum atomic E-state index is -3.51. The van der Waals surface area contributed by atoms with Gasteiger partial charge in [-0.15, -0.1) is 5.10 Å². The normalized spacial score (nSPS) is 16.6. The Morgan fingerprint density at radius 2 is 2.13 bits per heavy atom. The van der Waals surface area contributed by atoms with Crippen molar-refractivity contribution < 1.29 is 13.2 Å². The smallest absolute Gasteiger partial charge is 0.244 e. The van der Waals surface area contributed by atoms with E-state index in [4.69, 9.17) is 4.74 Å². The van der Waals surface area contributed by atoms with Crippen LogP contribution in [0.2, 0.25) is 0 Å². The number of hydrogen-bond acceptors (Lipinski definition) is 7. The van der Waals surface area contributed by atoms with Crippen molar-refractivity contribution in [3.05, 3.63) is 24.2 Å². The Balaban J connectivity index is 1.73. The van der Waals surface area contributed by atoms with Crippen LogP contribution in [0.4, 0.5) is 0 Å². The van der Waals surface area contributed by atoms with Gasteiger partial charge in [0.2, 0.25) is 15.2 Å². The molecule has 0 aromatic carbocycles. The number of nitrogens with zero attached hydrogens (tertiary/aromatic N) is 4. The molecule has 23 heavy (non-hydrogen) atoms. The number of morpholine rings is 1. The minimum Gasteiger partial charge on any atom is -0.379 e. The number of H-pyrrole nitrogens is 1. The van der Waals surface area contributed by atoms with Crippen molar-refractivity contribution in [3.63, 3.8) is 0 Å². The van der Waals surface area contributed by atoms with Crippen LogP contribution in [0, 0.1) is 0 Å². The van der Waals surface area contributed by atoms with Gasteiger partial charge in [0.1, 0.15) is 15.7 Å². The summed E-state index contributed by atoms with van der Waals surface area (Å²) in [6.45, 7) is 3.57. The molecule has 2 aromatic rings. The molecule has 1 N–H and O–H groups in total. The lowest BCUT2D eigenvalue weighted by atomic mass is 10.5. The van der Waals surface area contributed by atoms with Crippen molar-refractivity contribution in [1.29, 1.82) is 0 Å². The highest BCUT2D eigenvalue weighted by Gasteiger charge is 2.26. The zero-order valence-corrected chi connectivity index (χ0v) is 14.2. The van der Waals surface area contributed by atoms with Gasteiger partial charge in [-0.3, -0.25) is 5.10 Å². The topological polar surface area (TPSA) is 101 Å². The number of sulfonamides is 1. The summed E-state index contributed by atoms with van der Waals surface area (Å²) in [7, 11) is -3.51. The third-order valence-electron chi connectivity index (χ3n) is 3.36. The van der Waals surface area contributed by atoms with Gasteiger partial charge in [-0.05, 0) is 23.9 Å². The lowest BCUT2D eigenvalue weighted by Gasteiger charge is -2.25. The SMILES string of the molecule is CCc1nc(Sc2ccc(S(=O)(=O)N3CCOCC3)cn2)n[nH]1. The van der Waals surface area contributed by atoms with Crippen molar-refractivity contribution in [2.45, 2.75) is 28.4 Å². The summed E-state index contributed by atoms with van der Waals surface area (Å²) >= 11 is 1.29. The number of ether oxygens (including phenoxy) is 1. The maximum absolute atomic E-state index is 12.5. The van der Waals surface area contributed by atoms with E-state index in [-0.39, 0.29) is 4.90 Å². The van der Waals surface area contributed by atoms with Crippen LogP contribution in [0.5, 0.6) is 0 Å². The summed E-state index contributed by atoms with van der Waals surface area (Å²) in [6.07, 6.45) is 2.15. The van der Waals surface area contributed by atoms with Gasteiger partial charge in [-0.2, -0.15) is 4.31 Å². The molecule has 8 nitrogen and oxygen atoms in total. The van der Waals surface area contributed by atoms with Gasteiger partial charge in [-0.25, -0.2) is 18.4 Å². The lowest BCUT2D eigenvalue weighted by molar-refractivity contribution is 0.0730. The Morgan fingerprint density at radius 1 is 1.35 bits per heavy atom. The maximum Gasteiger partial charge on any atom is 0.244 e. The molecule has 0 bridgehead atoms. The first-order valence-corrected chi connectivity index (χ1v) is 9.48. The average molecular weight is 355 g/mol. The molecule has 0 amide bonds. The van der Waals surface area contributed by atoms with Crippen LogP contribution in [0.15, 0.2) is 33.4 Å². The molecule has 0 saturated carbocycles. The Bertz CT molecular complexity index is 754. The monoisotopic (exact) mass is 355 g/mol. The fourth-order valence-corrected chi connectivity index (χ4v) is 4.12. The van der Waals surface area contributed by atoms with Gasteiger partial charge in [0.15, 0.2) is 0 Å². The van der Waals surface area contributed by atoms with Crippen molar-refractivity contribution >= 4 is 21.8 Å². The van der Waals surface area contributed by atoms with Crippen LogP contribution in [-0.2, 0) is 21.2 Å². The van der Waals surface area contributed by atoms with E-state index < -0.39 is 10.0 Å². The van der Waals surface area contributed by atoms with Gasteiger partial charge in [-0.1, -0.05) is 6.92 Å². The molecule has 1 aliphatic rings. The van der Waals surface area contributed by atoms with Crippen molar-refractivity contribution in [1.82, 2.24) is 24.5 Å². The number of hydrogen-bond donors (Lipinski definition) is 1. The summed E-state index contributed by atoms with van der Waals surface area (Å²) in [5.74, 6) is 0.805. The van der Waals surface area contributed by atoms with Crippen LogP contribution >= 0.6 is 11.8 Å². The molecule has 0 unspecified atom stereocenters. The molecular formula is C13H17N5O3S2. The van der Waals surface area contributed by atoms with Gasteiger partial charge in [0.25, 0.3) is 0 Å². The second kappa shape index (κ2) is 6.95. The number of aryl methyl sites for hydroxylation is 1. The number of pyridine rings is 1. The Morgan fingerprint density at radius 3 is 2.74 bits per heavy atom. The number of aromatic amines is 1.